The molecule has 1 heterocycles. The summed E-state index contributed by atoms with van der Waals surface area (Å²) < 4.78 is 1.01. The number of hydrogen-bond acceptors (Lipinski definition) is 3. The summed E-state index contributed by atoms with van der Waals surface area (Å²) in [5.74, 6) is 0.940. The highest BCUT2D eigenvalue weighted by molar-refractivity contribution is 9.10. The molecular weight excluding hydrogens is 254 g/mol. The van der Waals surface area contributed by atoms with E-state index in [0.717, 1.165) is 35.2 Å². The van der Waals surface area contributed by atoms with Gasteiger partial charge in [0.2, 0.25) is 0 Å². The molecule has 3 nitrogen and oxygen atoms in total. The Kier molecular flexibility index (Phi) is 2.98. The smallest absolute Gasteiger partial charge is 0.128 e. The molecule has 0 amide bonds. The first-order valence-electron chi connectivity index (χ1n) is 5.24. The van der Waals surface area contributed by atoms with Gasteiger partial charge >= 0.3 is 0 Å². The number of nitrogens with two attached hydrogens (primary N) is 1. The van der Waals surface area contributed by atoms with Crippen LogP contribution < -0.4 is 11.1 Å². The van der Waals surface area contributed by atoms with Crippen molar-refractivity contribution >= 4 is 21.7 Å². The van der Waals surface area contributed by atoms with E-state index in [1.165, 1.54) is 6.42 Å². The Bertz CT molecular complexity index is 361. The minimum Gasteiger partial charge on any atom is -0.368 e. The first kappa shape index (κ1) is 10.9. The van der Waals surface area contributed by atoms with E-state index in [1.54, 1.807) is 6.20 Å². The topological polar surface area (TPSA) is 50.9 Å². The molecule has 1 fully saturated rings. The van der Waals surface area contributed by atoms with E-state index >= 15 is 0 Å². The van der Waals surface area contributed by atoms with Crippen molar-refractivity contribution < 1.29 is 0 Å². The van der Waals surface area contributed by atoms with Gasteiger partial charge in [0.15, 0.2) is 0 Å². The lowest BCUT2D eigenvalue weighted by Crippen LogP contribution is -2.52. The van der Waals surface area contributed by atoms with Crippen molar-refractivity contribution in [3.8, 4) is 0 Å². The molecule has 0 aliphatic heterocycles. The summed E-state index contributed by atoms with van der Waals surface area (Å²) in [7, 11) is 0. The van der Waals surface area contributed by atoms with E-state index < -0.39 is 0 Å². The Hall–Kier alpha value is -0.610. The lowest BCUT2D eigenvalue weighted by molar-refractivity contribution is 0.265. The standard InChI is InChI=1S/C11H16BrN3/c1-8-5-9(12)6-14-10(8)15-7-11(13)3-2-4-11/h5-6H,2-4,7,13H2,1H3,(H,14,15). The van der Waals surface area contributed by atoms with Crippen LogP contribution >= 0.6 is 15.9 Å². The highest BCUT2D eigenvalue weighted by Gasteiger charge is 2.32. The average Bonchev–Trinajstić information content (AvgIpc) is 2.14. The van der Waals surface area contributed by atoms with Gasteiger partial charge in [0.1, 0.15) is 5.82 Å². The fourth-order valence-electron chi connectivity index (χ4n) is 1.79. The Morgan fingerprint density at radius 1 is 1.60 bits per heavy atom. The van der Waals surface area contributed by atoms with Gasteiger partial charge in [-0.2, -0.15) is 0 Å². The van der Waals surface area contributed by atoms with Gasteiger partial charge in [-0.25, -0.2) is 4.98 Å². The summed E-state index contributed by atoms with van der Waals surface area (Å²) in [6.45, 7) is 2.87. The molecule has 0 saturated heterocycles. The number of nitrogens with one attached hydrogen (secondary N) is 1. The lowest BCUT2D eigenvalue weighted by atomic mass is 9.78. The monoisotopic (exact) mass is 269 g/mol. The van der Waals surface area contributed by atoms with Gasteiger partial charge < -0.3 is 11.1 Å². The third-order valence-electron chi connectivity index (χ3n) is 3.00. The maximum atomic E-state index is 6.13. The number of pyridine rings is 1. The van der Waals surface area contributed by atoms with Gasteiger partial charge in [-0.05, 0) is 53.7 Å². The summed E-state index contributed by atoms with van der Waals surface area (Å²) in [6.07, 6.45) is 5.30. The van der Waals surface area contributed by atoms with Crippen LogP contribution in [-0.4, -0.2) is 17.1 Å². The summed E-state index contributed by atoms with van der Waals surface area (Å²) in [4.78, 5) is 4.33. The molecule has 0 unspecified atom stereocenters. The van der Waals surface area contributed by atoms with Crippen molar-refractivity contribution in [2.75, 3.05) is 11.9 Å². The van der Waals surface area contributed by atoms with Crippen molar-refractivity contribution in [1.29, 1.82) is 0 Å². The van der Waals surface area contributed by atoms with Gasteiger partial charge in [-0.3, -0.25) is 0 Å². The van der Waals surface area contributed by atoms with Crippen LogP contribution in [0.25, 0.3) is 0 Å². The largest absolute Gasteiger partial charge is 0.368 e. The third-order valence-corrected chi connectivity index (χ3v) is 3.44. The molecule has 1 aliphatic carbocycles. The summed E-state index contributed by atoms with van der Waals surface area (Å²) in [6, 6.07) is 2.05. The summed E-state index contributed by atoms with van der Waals surface area (Å²) in [5, 5.41) is 3.33. The van der Waals surface area contributed by atoms with Crippen molar-refractivity contribution in [3.63, 3.8) is 0 Å². The number of aryl methyl sites for hydroxylation is 1. The van der Waals surface area contributed by atoms with Crippen LogP contribution in [0, 0.1) is 6.92 Å². The molecule has 4 heteroatoms. The van der Waals surface area contributed by atoms with E-state index in [2.05, 4.69) is 32.3 Å². The number of anilines is 1. The normalized spacial score (nSPS) is 18.3. The van der Waals surface area contributed by atoms with E-state index in [1.807, 2.05) is 6.92 Å². The van der Waals surface area contributed by atoms with Crippen LogP contribution in [0.4, 0.5) is 5.82 Å². The predicted octanol–water partition coefficient (Wildman–Crippen LogP) is 2.45. The van der Waals surface area contributed by atoms with Crippen LogP contribution in [0.2, 0.25) is 0 Å². The molecular formula is C11H16BrN3. The van der Waals surface area contributed by atoms with E-state index in [4.69, 9.17) is 5.73 Å². The second-order valence-corrected chi connectivity index (χ2v) is 5.30. The minimum atomic E-state index is 0.00118. The molecule has 3 N–H and O–H groups in total. The highest BCUT2D eigenvalue weighted by Crippen LogP contribution is 2.29. The van der Waals surface area contributed by atoms with Crippen LogP contribution in [0.1, 0.15) is 24.8 Å². The quantitative estimate of drug-likeness (QED) is 0.887. The SMILES string of the molecule is Cc1cc(Br)cnc1NCC1(N)CCC1. The van der Waals surface area contributed by atoms with Gasteiger partial charge in [-0.1, -0.05) is 0 Å². The molecule has 1 aromatic heterocycles. The summed E-state index contributed by atoms with van der Waals surface area (Å²) >= 11 is 3.40. The first-order valence-corrected chi connectivity index (χ1v) is 6.03. The van der Waals surface area contributed by atoms with Crippen molar-refractivity contribution in [1.82, 2.24) is 4.98 Å². The molecule has 1 aliphatic rings. The number of aromatic nitrogens is 1. The Balaban J connectivity index is 1.98. The maximum Gasteiger partial charge on any atom is 0.128 e. The van der Waals surface area contributed by atoms with Crippen molar-refractivity contribution in [2.45, 2.75) is 31.7 Å². The van der Waals surface area contributed by atoms with E-state index in [-0.39, 0.29) is 5.54 Å². The molecule has 0 atom stereocenters. The zero-order valence-corrected chi connectivity index (χ0v) is 10.5. The third kappa shape index (κ3) is 2.49. The van der Waals surface area contributed by atoms with Crippen LogP contribution in [0.5, 0.6) is 0 Å². The zero-order valence-electron chi connectivity index (χ0n) is 8.89. The second kappa shape index (κ2) is 4.10. The van der Waals surface area contributed by atoms with Crippen molar-refractivity contribution in [3.05, 3.63) is 22.3 Å². The number of halogens is 1. The van der Waals surface area contributed by atoms with Crippen LogP contribution in [0.15, 0.2) is 16.7 Å². The molecule has 0 bridgehead atoms. The zero-order chi connectivity index (χ0) is 10.9. The molecule has 1 saturated carbocycles. The fraction of sp³-hybridized carbons (Fsp3) is 0.545. The number of rotatable bonds is 3. The Morgan fingerprint density at radius 2 is 2.33 bits per heavy atom. The van der Waals surface area contributed by atoms with Crippen LogP contribution in [0.3, 0.4) is 0 Å². The van der Waals surface area contributed by atoms with Crippen LogP contribution in [-0.2, 0) is 0 Å². The van der Waals surface area contributed by atoms with E-state index in [0.29, 0.717) is 0 Å². The predicted molar refractivity (Wildman–Crippen MR) is 65.9 cm³/mol. The molecule has 2 rings (SSSR count). The lowest BCUT2D eigenvalue weighted by Gasteiger charge is -2.38. The molecule has 0 spiro atoms. The fourth-order valence-corrected chi connectivity index (χ4v) is 2.24. The highest BCUT2D eigenvalue weighted by atomic mass is 79.9. The molecule has 0 aromatic carbocycles. The Labute approximate surface area is 98.6 Å². The first-order chi connectivity index (χ1) is 7.09. The molecule has 0 radical (unpaired) electrons. The average molecular weight is 270 g/mol. The van der Waals surface area contributed by atoms with Gasteiger partial charge in [0.25, 0.3) is 0 Å². The van der Waals surface area contributed by atoms with Gasteiger partial charge in [-0.15, -0.1) is 0 Å². The molecule has 1 aromatic rings. The maximum absolute atomic E-state index is 6.13. The van der Waals surface area contributed by atoms with Gasteiger partial charge in [0, 0.05) is 22.8 Å². The van der Waals surface area contributed by atoms with E-state index in [9.17, 15) is 0 Å². The Morgan fingerprint density at radius 3 is 2.87 bits per heavy atom. The minimum absolute atomic E-state index is 0.00118. The molecule has 82 valence electrons. The number of nitrogens with zero attached hydrogens (tertiary/aromatic N) is 1. The summed E-state index contributed by atoms with van der Waals surface area (Å²) in [5.41, 5.74) is 7.28. The number of hydrogen-bond donors (Lipinski definition) is 2. The van der Waals surface area contributed by atoms with Gasteiger partial charge in [0.05, 0.1) is 0 Å². The second-order valence-electron chi connectivity index (χ2n) is 4.39. The molecule has 15 heavy (non-hydrogen) atoms. The van der Waals surface area contributed by atoms with Crippen molar-refractivity contribution in [2.24, 2.45) is 5.73 Å².